The molecule has 15 heavy (non-hydrogen) atoms. The molecule has 0 radical (unpaired) electrons. The lowest BCUT2D eigenvalue weighted by Gasteiger charge is -2.21. The summed E-state index contributed by atoms with van der Waals surface area (Å²) >= 11 is 5.67. The molecular formula is C8H6ClFN2O2S. The molecule has 0 fully saturated rings. The Hall–Kier alpha value is -1.14. The predicted octanol–water partition coefficient (Wildman–Crippen LogP) is 1.80. The molecule has 1 heterocycles. The van der Waals surface area contributed by atoms with Gasteiger partial charge in [-0.1, -0.05) is 11.6 Å². The fourth-order valence-electron chi connectivity index (χ4n) is 1.27. The highest BCUT2D eigenvalue weighted by Crippen LogP contribution is 2.31. The van der Waals surface area contributed by atoms with Crippen molar-refractivity contribution < 1.29 is 12.8 Å². The van der Waals surface area contributed by atoms with Gasteiger partial charge in [0.2, 0.25) is 0 Å². The topological polar surface area (TPSA) is 49.7 Å². The fraction of sp³-hybridized carbons (Fsp3) is 0.125. The molecule has 0 saturated carbocycles. The van der Waals surface area contributed by atoms with E-state index in [9.17, 15) is 12.8 Å². The molecule has 0 saturated heterocycles. The molecular weight excluding hydrogens is 243 g/mol. The standard InChI is InChI=1S/C8H6ClFN2O2S/c9-6-1-2-7-8(3-6)15(13,14)11-5-12(7)4-10/h1-3,5H,4H2. The Kier molecular flexibility index (Phi) is 2.40. The molecule has 4 nitrogen and oxygen atoms in total. The number of benzene rings is 1. The lowest BCUT2D eigenvalue weighted by molar-refractivity contribution is 0.507. The summed E-state index contributed by atoms with van der Waals surface area (Å²) in [7, 11) is -3.73. The van der Waals surface area contributed by atoms with Gasteiger partial charge in [0.15, 0.2) is 6.80 Å². The molecule has 2 rings (SSSR count). The Balaban J connectivity index is 2.70. The van der Waals surface area contributed by atoms with E-state index in [1.807, 2.05) is 0 Å². The van der Waals surface area contributed by atoms with Crippen LogP contribution in [0.2, 0.25) is 5.02 Å². The first-order valence-corrected chi connectivity index (χ1v) is 5.79. The molecule has 7 heteroatoms. The van der Waals surface area contributed by atoms with E-state index in [0.717, 1.165) is 11.2 Å². The van der Waals surface area contributed by atoms with Gasteiger partial charge in [-0.15, -0.1) is 4.40 Å². The van der Waals surface area contributed by atoms with Crippen LogP contribution in [0.1, 0.15) is 0 Å². The van der Waals surface area contributed by atoms with Gasteiger partial charge in [0.25, 0.3) is 10.0 Å². The molecule has 0 unspecified atom stereocenters. The highest BCUT2D eigenvalue weighted by Gasteiger charge is 2.25. The van der Waals surface area contributed by atoms with Gasteiger partial charge in [0, 0.05) is 5.02 Å². The lowest BCUT2D eigenvalue weighted by atomic mass is 10.3. The minimum absolute atomic E-state index is 0.0739. The van der Waals surface area contributed by atoms with Crippen molar-refractivity contribution in [2.45, 2.75) is 4.90 Å². The summed E-state index contributed by atoms with van der Waals surface area (Å²) in [5.41, 5.74) is 0.247. The Morgan fingerprint density at radius 1 is 1.47 bits per heavy atom. The maximum absolute atomic E-state index is 12.5. The Bertz CT molecular complexity index is 529. The van der Waals surface area contributed by atoms with Crippen LogP contribution in [0.5, 0.6) is 0 Å². The zero-order valence-corrected chi connectivity index (χ0v) is 8.96. The summed E-state index contributed by atoms with van der Waals surface area (Å²) < 4.78 is 38.7. The summed E-state index contributed by atoms with van der Waals surface area (Å²) in [6.45, 7) is -0.840. The van der Waals surface area contributed by atoms with Gasteiger partial charge in [0.1, 0.15) is 11.2 Å². The third-order valence-electron chi connectivity index (χ3n) is 1.96. The molecule has 0 atom stereocenters. The van der Waals surface area contributed by atoms with Crippen LogP contribution < -0.4 is 4.90 Å². The number of fused-ring (bicyclic) bond motifs is 1. The SMILES string of the molecule is O=S1(=O)N=CN(CF)c2ccc(Cl)cc21. The predicted molar refractivity (Wildman–Crippen MR) is 55.6 cm³/mol. The van der Waals surface area contributed by atoms with Crippen molar-refractivity contribution in [2.24, 2.45) is 4.40 Å². The number of rotatable bonds is 1. The van der Waals surface area contributed by atoms with Crippen molar-refractivity contribution in [1.29, 1.82) is 0 Å². The maximum Gasteiger partial charge on any atom is 0.285 e. The molecule has 0 aliphatic carbocycles. The zero-order valence-electron chi connectivity index (χ0n) is 7.39. The van der Waals surface area contributed by atoms with Crippen LogP contribution in [-0.2, 0) is 10.0 Å². The molecule has 0 aromatic heterocycles. The van der Waals surface area contributed by atoms with Crippen LogP contribution in [0.25, 0.3) is 0 Å². The van der Waals surface area contributed by atoms with Crippen molar-refractivity contribution in [1.82, 2.24) is 0 Å². The molecule has 1 aromatic carbocycles. The van der Waals surface area contributed by atoms with Gasteiger partial charge >= 0.3 is 0 Å². The van der Waals surface area contributed by atoms with E-state index in [-0.39, 0.29) is 15.6 Å². The van der Waals surface area contributed by atoms with Crippen LogP contribution in [0.3, 0.4) is 0 Å². The summed E-state index contributed by atoms with van der Waals surface area (Å²) in [5, 5.41) is 0.272. The van der Waals surface area contributed by atoms with Crippen LogP contribution in [0.15, 0.2) is 27.5 Å². The number of sulfonamides is 1. The maximum atomic E-state index is 12.5. The smallest absolute Gasteiger partial charge is 0.285 e. The van der Waals surface area contributed by atoms with Crippen molar-refractivity contribution >= 4 is 33.7 Å². The summed E-state index contributed by atoms with van der Waals surface area (Å²) in [4.78, 5) is 1.02. The van der Waals surface area contributed by atoms with Crippen molar-refractivity contribution in [3.8, 4) is 0 Å². The summed E-state index contributed by atoms with van der Waals surface area (Å²) in [6, 6.07) is 4.20. The normalized spacial score (nSPS) is 17.6. The van der Waals surface area contributed by atoms with E-state index in [1.54, 1.807) is 0 Å². The molecule has 0 amide bonds. The minimum Gasteiger partial charge on any atom is -0.302 e. The molecule has 1 aliphatic rings. The fourth-order valence-corrected chi connectivity index (χ4v) is 2.58. The number of hydrogen-bond acceptors (Lipinski definition) is 3. The highest BCUT2D eigenvalue weighted by atomic mass is 35.5. The third kappa shape index (κ3) is 1.70. The second-order valence-electron chi connectivity index (χ2n) is 2.90. The molecule has 0 N–H and O–H groups in total. The molecule has 1 aliphatic heterocycles. The van der Waals surface area contributed by atoms with Gasteiger partial charge in [-0.3, -0.25) is 0 Å². The number of alkyl halides is 1. The highest BCUT2D eigenvalue weighted by molar-refractivity contribution is 7.90. The average Bonchev–Trinajstić information content (AvgIpc) is 2.19. The third-order valence-corrected chi connectivity index (χ3v) is 3.45. The van der Waals surface area contributed by atoms with Crippen LogP contribution >= 0.6 is 11.6 Å². The molecule has 1 aromatic rings. The average molecular weight is 249 g/mol. The Labute approximate surface area is 91.0 Å². The van der Waals surface area contributed by atoms with Gasteiger partial charge in [-0.2, -0.15) is 8.42 Å². The Morgan fingerprint density at radius 3 is 2.87 bits per heavy atom. The van der Waals surface area contributed by atoms with Gasteiger partial charge in [-0.05, 0) is 18.2 Å². The Morgan fingerprint density at radius 2 is 2.20 bits per heavy atom. The lowest BCUT2D eigenvalue weighted by Crippen LogP contribution is -2.26. The number of anilines is 1. The van der Waals surface area contributed by atoms with E-state index >= 15 is 0 Å². The zero-order chi connectivity index (χ0) is 11.1. The monoisotopic (exact) mass is 248 g/mol. The molecule has 0 spiro atoms. The van der Waals surface area contributed by atoms with Gasteiger partial charge in [0.05, 0.1) is 5.69 Å². The van der Waals surface area contributed by atoms with E-state index < -0.39 is 16.8 Å². The summed E-state index contributed by atoms with van der Waals surface area (Å²) in [6.07, 6.45) is 0.950. The first-order valence-electron chi connectivity index (χ1n) is 3.97. The van der Waals surface area contributed by atoms with Crippen molar-refractivity contribution in [3.63, 3.8) is 0 Å². The van der Waals surface area contributed by atoms with Crippen molar-refractivity contribution in [2.75, 3.05) is 11.7 Å². The molecule has 0 bridgehead atoms. The first-order chi connectivity index (χ1) is 7.04. The second-order valence-corrected chi connectivity index (χ2v) is 4.93. The van der Waals surface area contributed by atoms with E-state index in [2.05, 4.69) is 4.40 Å². The minimum atomic E-state index is -3.73. The van der Waals surface area contributed by atoms with Gasteiger partial charge < -0.3 is 4.90 Å². The number of hydrogen-bond donors (Lipinski definition) is 0. The van der Waals surface area contributed by atoms with E-state index in [4.69, 9.17) is 11.6 Å². The van der Waals surface area contributed by atoms with Crippen LogP contribution in [0.4, 0.5) is 10.1 Å². The van der Waals surface area contributed by atoms with Gasteiger partial charge in [-0.25, -0.2) is 4.39 Å². The molecule has 80 valence electrons. The second kappa shape index (κ2) is 3.46. The summed E-state index contributed by atoms with van der Waals surface area (Å²) in [5.74, 6) is 0. The first kappa shape index (κ1) is 10.4. The van der Waals surface area contributed by atoms with Crippen molar-refractivity contribution in [3.05, 3.63) is 23.2 Å². The number of halogens is 2. The quantitative estimate of drug-likeness (QED) is 0.712. The largest absolute Gasteiger partial charge is 0.302 e. The van der Waals surface area contributed by atoms with E-state index in [0.29, 0.717) is 0 Å². The van der Waals surface area contributed by atoms with E-state index in [1.165, 1.54) is 18.2 Å². The van der Waals surface area contributed by atoms with Crippen LogP contribution in [0, 0.1) is 0 Å². The van der Waals surface area contributed by atoms with Crippen LogP contribution in [-0.4, -0.2) is 21.6 Å². The number of nitrogens with zero attached hydrogens (tertiary/aromatic N) is 2.